The molecule has 0 aliphatic heterocycles. The van der Waals surface area contributed by atoms with Crippen LogP contribution in [-0.4, -0.2) is 14.2 Å². The van der Waals surface area contributed by atoms with Crippen molar-refractivity contribution >= 4 is 0 Å². The topological polar surface area (TPSA) is 44.5 Å². The smallest absolute Gasteiger partial charge is 0.416 e. The summed E-state index contributed by atoms with van der Waals surface area (Å²) >= 11 is 0. The Kier molecular flexibility index (Phi) is 3.38. The van der Waals surface area contributed by atoms with E-state index in [0.717, 1.165) is 12.5 Å². The van der Waals surface area contributed by atoms with Crippen LogP contribution in [0.3, 0.4) is 0 Å². The highest BCUT2D eigenvalue weighted by Crippen LogP contribution is 2.47. The van der Waals surface area contributed by atoms with Crippen molar-refractivity contribution in [2.75, 3.05) is 14.2 Å². The van der Waals surface area contributed by atoms with Gasteiger partial charge in [-0.15, -0.1) is 0 Å². The van der Waals surface area contributed by atoms with Crippen molar-refractivity contribution in [3.05, 3.63) is 23.3 Å². The molecule has 6 heteroatoms. The molecule has 1 aliphatic rings. The highest BCUT2D eigenvalue weighted by molar-refractivity contribution is 5.51. The molecule has 1 saturated carbocycles. The summed E-state index contributed by atoms with van der Waals surface area (Å²) < 4.78 is 49.4. The zero-order valence-electron chi connectivity index (χ0n) is 10.8. The van der Waals surface area contributed by atoms with Gasteiger partial charge in [0.1, 0.15) is 0 Å². The molecule has 0 aromatic heterocycles. The van der Waals surface area contributed by atoms with Gasteiger partial charge >= 0.3 is 6.18 Å². The van der Waals surface area contributed by atoms with Crippen molar-refractivity contribution in [3.8, 4) is 11.5 Å². The molecule has 19 heavy (non-hydrogen) atoms. The molecule has 1 aromatic rings. The summed E-state index contributed by atoms with van der Waals surface area (Å²) in [6.07, 6.45) is -2.53. The van der Waals surface area contributed by atoms with Crippen molar-refractivity contribution < 1.29 is 22.6 Å². The third kappa shape index (κ3) is 2.36. The van der Waals surface area contributed by atoms with E-state index in [1.807, 2.05) is 0 Å². The third-order valence-electron chi connectivity index (χ3n) is 3.61. The number of nitrogens with two attached hydrogens (primary N) is 1. The Hall–Kier alpha value is -1.43. The quantitative estimate of drug-likeness (QED) is 0.922. The van der Waals surface area contributed by atoms with Crippen LogP contribution in [0.5, 0.6) is 11.5 Å². The molecule has 1 aliphatic carbocycles. The molecular formula is C13H16F3NO2. The number of methoxy groups -OCH3 is 2. The van der Waals surface area contributed by atoms with Crippen LogP contribution in [-0.2, 0) is 11.7 Å². The number of rotatable bonds is 3. The average molecular weight is 275 g/mol. The van der Waals surface area contributed by atoms with Crippen LogP contribution in [0.4, 0.5) is 13.2 Å². The Morgan fingerprint density at radius 1 is 1.11 bits per heavy atom. The Bertz CT molecular complexity index is 482. The lowest BCUT2D eigenvalue weighted by Crippen LogP contribution is -2.44. The molecule has 106 valence electrons. The van der Waals surface area contributed by atoms with Gasteiger partial charge in [0.25, 0.3) is 0 Å². The summed E-state index contributed by atoms with van der Waals surface area (Å²) in [5, 5.41) is 0. The lowest BCUT2D eigenvalue weighted by atomic mass is 9.71. The lowest BCUT2D eigenvalue weighted by molar-refractivity contribution is -0.139. The summed E-state index contributed by atoms with van der Waals surface area (Å²) in [4.78, 5) is 0. The first-order valence-corrected chi connectivity index (χ1v) is 5.94. The van der Waals surface area contributed by atoms with Crippen LogP contribution in [0, 0.1) is 0 Å². The van der Waals surface area contributed by atoms with Gasteiger partial charge in [-0.3, -0.25) is 0 Å². The van der Waals surface area contributed by atoms with E-state index in [1.54, 1.807) is 0 Å². The molecule has 1 fully saturated rings. The van der Waals surface area contributed by atoms with Gasteiger partial charge in [-0.25, -0.2) is 0 Å². The summed E-state index contributed by atoms with van der Waals surface area (Å²) in [7, 11) is 2.69. The Labute approximate surface area is 109 Å². The molecule has 0 bridgehead atoms. The SMILES string of the molecule is COc1cc(C(F)(F)F)c(C2(N)CCC2)cc1OC. The van der Waals surface area contributed by atoms with Gasteiger partial charge in [0, 0.05) is 5.54 Å². The van der Waals surface area contributed by atoms with Crippen LogP contribution in [0.1, 0.15) is 30.4 Å². The lowest BCUT2D eigenvalue weighted by Gasteiger charge is -2.40. The molecule has 0 heterocycles. The first-order chi connectivity index (χ1) is 8.81. The second kappa shape index (κ2) is 4.59. The first-order valence-electron chi connectivity index (χ1n) is 5.94. The summed E-state index contributed by atoms with van der Waals surface area (Å²) in [6, 6.07) is 2.31. The van der Waals surface area contributed by atoms with Gasteiger partial charge < -0.3 is 15.2 Å². The predicted molar refractivity (Wildman–Crippen MR) is 64.3 cm³/mol. The standard InChI is InChI=1S/C13H16F3NO2/c1-18-10-6-8(12(17)4-3-5-12)9(13(14,15)16)7-11(10)19-2/h6-7H,3-5,17H2,1-2H3. The van der Waals surface area contributed by atoms with Crippen molar-refractivity contribution in [1.82, 2.24) is 0 Å². The summed E-state index contributed by atoms with van der Waals surface area (Å²) in [5.74, 6) is 0.323. The van der Waals surface area contributed by atoms with Gasteiger partial charge in [0.15, 0.2) is 11.5 Å². The van der Waals surface area contributed by atoms with E-state index in [0.29, 0.717) is 12.8 Å². The Morgan fingerprint density at radius 2 is 1.63 bits per heavy atom. The molecule has 0 saturated heterocycles. The van der Waals surface area contributed by atoms with Crippen molar-refractivity contribution in [2.24, 2.45) is 5.73 Å². The minimum atomic E-state index is -4.46. The minimum Gasteiger partial charge on any atom is -0.493 e. The second-order valence-corrected chi connectivity index (χ2v) is 4.76. The third-order valence-corrected chi connectivity index (χ3v) is 3.61. The fourth-order valence-electron chi connectivity index (χ4n) is 2.35. The van der Waals surface area contributed by atoms with Gasteiger partial charge in [0.05, 0.1) is 19.8 Å². The summed E-state index contributed by atoms with van der Waals surface area (Å²) in [5.41, 5.74) is 4.47. The van der Waals surface area contributed by atoms with Crippen LogP contribution in [0.25, 0.3) is 0 Å². The van der Waals surface area contributed by atoms with Crippen molar-refractivity contribution in [1.29, 1.82) is 0 Å². The van der Waals surface area contributed by atoms with E-state index in [-0.39, 0.29) is 17.1 Å². The van der Waals surface area contributed by atoms with Crippen molar-refractivity contribution in [2.45, 2.75) is 31.0 Å². The monoisotopic (exact) mass is 275 g/mol. The van der Waals surface area contributed by atoms with Crippen LogP contribution in [0.2, 0.25) is 0 Å². The van der Waals surface area contributed by atoms with Gasteiger partial charge in [-0.05, 0) is 37.0 Å². The second-order valence-electron chi connectivity index (χ2n) is 4.76. The zero-order chi connectivity index (χ0) is 14.3. The van der Waals surface area contributed by atoms with E-state index in [9.17, 15) is 13.2 Å². The molecule has 0 unspecified atom stereocenters. The molecule has 3 nitrogen and oxygen atoms in total. The predicted octanol–water partition coefficient (Wildman–Crippen LogP) is 3.06. The fourth-order valence-corrected chi connectivity index (χ4v) is 2.35. The number of hydrogen-bond donors (Lipinski definition) is 1. The van der Waals surface area contributed by atoms with E-state index in [1.165, 1.54) is 20.3 Å². The van der Waals surface area contributed by atoms with E-state index in [4.69, 9.17) is 15.2 Å². The maximum atomic E-state index is 13.1. The van der Waals surface area contributed by atoms with Crippen LogP contribution < -0.4 is 15.2 Å². The van der Waals surface area contributed by atoms with Crippen molar-refractivity contribution in [3.63, 3.8) is 0 Å². The van der Waals surface area contributed by atoms with Crippen LogP contribution >= 0.6 is 0 Å². The molecule has 0 spiro atoms. The number of benzene rings is 1. The molecule has 2 rings (SSSR count). The van der Waals surface area contributed by atoms with Gasteiger partial charge in [-0.1, -0.05) is 0 Å². The number of ether oxygens (including phenoxy) is 2. The highest BCUT2D eigenvalue weighted by atomic mass is 19.4. The molecule has 2 N–H and O–H groups in total. The Balaban J connectivity index is 2.62. The van der Waals surface area contributed by atoms with Gasteiger partial charge in [-0.2, -0.15) is 13.2 Å². The summed E-state index contributed by atoms with van der Waals surface area (Å²) in [6.45, 7) is 0. The molecule has 1 aromatic carbocycles. The first kappa shape index (κ1) is 14.0. The zero-order valence-corrected chi connectivity index (χ0v) is 10.8. The number of hydrogen-bond acceptors (Lipinski definition) is 3. The minimum absolute atomic E-state index is 0.0569. The molecular weight excluding hydrogens is 259 g/mol. The van der Waals surface area contributed by atoms with E-state index in [2.05, 4.69) is 0 Å². The van der Waals surface area contributed by atoms with E-state index >= 15 is 0 Å². The van der Waals surface area contributed by atoms with Crippen LogP contribution in [0.15, 0.2) is 12.1 Å². The Morgan fingerprint density at radius 3 is 2.00 bits per heavy atom. The van der Waals surface area contributed by atoms with E-state index < -0.39 is 17.3 Å². The number of alkyl halides is 3. The average Bonchev–Trinajstić information content (AvgIpc) is 2.33. The molecule has 0 amide bonds. The van der Waals surface area contributed by atoms with Gasteiger partial charge in [0.2, 0.25) is 0 Å². The molecule has 0 radical (unpaired) electrons. The maximum absolute atomic E-state index is 13.1. The maximum Gasteiger partial charge on any atom is 0.416 e. The highest BCUT2D eigenvalue weighted by Gasteiger charge is 2.43. The molecule has 0 atom stereocenters. The number of halogens is 3. The normalized spacial score (nSPS) is 17.8. The largest absolute Gasteiger partial charge is 0.493 e. The fraction of sp³-hybridized carbons (Fsp3) is 0.538.